The molecule has 0 bridgehead atoms. The van der Waals surface area contributed by atoms with Gasteiger partial charge < -0.3 is 25.8 Å². The van der Waals surface area contributed by atoms with E-state index < -0.39 is 24.1 Å². The van der Waals surface area contributed by atoms with Crippen LogP contribution in [0.1, 0.15) is 19.3 Å². The average Bonchev–Trinajstić information content (AvgIpc) is 2.37. The molecule has 19 heavy (non-hydrogen) atoms. The van der Waals surface area contributed by atoms with E-state index in [1.165, 1.54) is 7.11 Å². The Balaban J connectivity index is 2.43. The second-order valence-electron chi connectivity index (χ2n) is 4.28. The maximum Gasteiger partial charge on any atom is 0.326 e. The SMILES string of the molecule is COCCC(NC(=O)NC1CCCNC1=O)C(=O)O. The van der Waals surface area contributed by atoms with E-state index in [2.05, 4.69) is 16.0 Å². The van der Waals surface area contributed by atoms with Crippen molar-refractivity contribution in [3.05, 3.63) is 0 Å². The molecule has 0 aromatic heterocycles. The molecule has 1 aliphatic heterocycles. The highest BCUT2D eigenvalue weighted by molar-refractivity contribution is 5.89. The largest absolute Gasteiger partial charge is 0.480 e. The van der Waals surface area contributed by atoms with E-state index in [4.69, 9.17) is 9.84 Å². The smallest absolute Gasteiger partial charge is 0.326 e. The summed E-state index contributed by atoms with van der Waals surface area (Å²) in [4.78, 5) is 34.0. The van der Waals surface area contributed by atoms with Gasteiger partial charge in [-0.25, -0.2) is 9.59 Å². The monoisotopic (exact) mass is 273 g/mol. The van der Waals surface area contributed by atoms with E-state index in [0.29, 0.717) is 13.0 Å². The fourth-order valence-corrected chi connectivity index (χ4v) is 1.76. The summed E-state index contributed by atoms with van der Waals surface area (Å²) in [7, 11) is 1.45. The highest BCUT2D eigenvalue weighted by Gasteiger charge is 2.26. The van der Waals surface area contributed by atoms with Crippen LogP contribution in [0.15, 0.2) is 0 Å². The van der Waals surface area contributed by atoms with Gasteiger partial charge in [-0.3, -0.25) is 4.79 Å². The third-order valence-corrected chi connectivity index (χ3v) is 2.80. The third kappa shape index (κ3) is 5.12. The van der Waals surface area contributed by atoms with Gasteiger partial charge >= 0.3 is 12.0 Å². The van der Waals surface area contributed by atoms with Crippen molar-refractivity contribution in [2.24, 2.45) is 0 Å². The zero-order valence-electron chi connectivity index (χ0n) is 10.8. The first-order valence-electron chi connectivity index (χ1n) is 6.11. The maximum absolute atomic E-state index is 11.6. The first-order valence-corrected chi connectivity index (χ1v) is 6.11. The van der Waals surface area contributed by atoms with Gasteiger partial charge in [0.2, 0.25) is 5.91 Å². The number of methoxy groups -OCH3 is 1. The molecule has 8 nitrogen and oxygen atoms in total. The van der Waals surface area contributed by atoms with Crippen LogP contribution < -0.4 is 16.0 Å². The molecule has 0 aromatic rings. The van der Waals surface area contributed by atoms with Crippen LogP contribution >= 0.6 is 0 Å². The number of aliphatic carboxylic acids is 1. The summed E-state index contributed by atoms with van der Waals surface area (Å²) in [6, 6.07) is -2.30. The summed E-state index contributed by atoms with van der Waals surface area (Å²) < 4.78 is 4.77. The quantitative estimate of drug-likeness (QED) is 0.498. The molecular formula is C11H19N3O5. The fraction of sp³-hybridized carbons (Fsp3) is 0.727. The highest BCUT2D eigenvalue weighted by Crippen LogP contribution is 2.02. The molecule has 0 aliphatic carbocycles. The second-order valence-corrected chi connectivity index (χ2v) is 4.28. The minimum Gasteiger partial charge on any atom is -0.480 e. The maximum atomic E-state index is 11.6. The van der Waals surface area contributed by atoms with Crippen LogP contribution in [-0.2, 0) is 14.3 Å². The molecule has 2 atom stereocenters. The molecule has 1 heterocycles. The molecule has 1 saturated heterocycles. The topological polar surface area (TPSA) is 117 Å². The van der Waals surface area contributed by atoms with Crippen LogP contribution in [-0.4, -0.2) is 55.4 Å². The van der Waals surface area contributed by atoms with Crippen molar-refractivity contribution < 1.29 is 24.2 Å². The van der Waals surface area contributed by atoms with E-state index >= 15 is 0 Å². The number of ether oxygens (including phenoxy) is 1. The van der Waals surface area contributed by atoms with Gasteiger partial charge in [0.15, 0.2) is 0 Å². The molecule has 4 N–H and O–H groups in total. The fourth-order valence-electron chi connectivity index (χ4n) is 1.76. The minimum absolute atomic E-state index is 0.163. The number of carbonyl (C=O) groups is 3. The van der Waals surface area contributed by atoms with Gasteiger partial charge in [0.05, 0.1) is 0 Å². The van der Waals surface area contributed by atoms with Crippen molar-refractivity contribution in [1.29, 1.82) is 0 Å². The number of piperidine rings is 1. The van der Waals surface area contributed by atoms with Crippen molar-refractivity contribution >= 4 is 17.9 Å². The zero-order valence-corrected chi connectivity index (χ0v) is 10.8. The Morgan fingerprint density at radius 1 is 1.58 bits per heavy atom. The van der Waals surface area contributed by atoms with E-state index in [0.717, 1.165) is 6.42 Å². The zero-order chi connectivity index (χ0) is 14.3. The molecule has 108 valence electrons. The Morgan fingerprint density at radius 3 is 2.89 bits per heavy atom. The van der Waals surface area contributed by atoms with Crippen LogP contribution in [0.2, 0.25) is 0 Å². The van der Waals surface area contributed by atoms with Gasteiger partial charge in [0.25, 0.3) is 0 Å². The Hall–Kier alpha value is -1.83. The van der Waals surface area contributed by atoms with Crippen molar-refractivity contribution in [2.45, 2.75) is 31.3 Å². The Bertz CT molecular complexity index is 347. The first-order chi connectivity index (χ1) is 9.04. The predicted octanol–water partition coefficient (Wildman–Crippen LogP) is -0.946. The van der Waals surface area contributed by atoms with E-state index in [9.17, 15) is 14.4 Å². The van der Waals surface area contributed by atoms with Crippen LogP contribution in [0, 0.1) is 0 Å². The minimum atomic E-state index is -1.14. The molecule has 0 radical (unpaired) electrons. The number of nitrogens with one attached hydrogen (secondary N) is 3. The molecular weight excluding hydrogens is 254 g/mol. The number of carboxylic acids is 1. The number of carboxylic acid groups (broad SMARTS) is 1. The van der Waals surface area contributed by atoms with Crippen molar-refractivity contribution in [2.75, 3.05) is 20.3 Å². The van der Waals surface area contributed by atoms with E-state index in [1.54, 1.807) is 0 Å². The van der Waals surface area contributed by atoms with Gasteiger partial charge in [-0.05, 0) is 12.8 Å². The lowest BCUT2D eigenvalue weighted by molar-refractivity contribution is -0.139. The Kier molecular flexibility index (Phi) is 6.07. The van der Waals surface area contributed by atoms with Crippen molar-refractivity contribution in [3.63, 3.8) is 0 Å². The predicted molar refractivity (Wildman–Crippen MR) is 65.6 cm³/mol. The summed E-state index contributed by atoms with van der Waals surface area (Å²) in [5, 5.41) is 16.3. The van der Waals surface area contributed by atoms with Gasteiger partial charge in [-0.2, -0.15) is 0 Å². The lowest BCUT2D eigenvalue weighted by Gasteiger charge is -2.23. The normalized spacial score (nSPS) is 20.3. The molecule has 1 rings (SSSR count). The lowest BCUT2D eigenvalue weighted by Crippen LogP contribution is -2.55. The molecule has 0 saturated carbocycles. The summed E-state index contributed by atoms with van der Waals surface area (Å²) in [6.07, 6.45) is 1.49. The third-order valence-electron chi connectivity index (χ3n) is 2.80. The lowest BCUT2D eigenvalue weighted by atomic mass is 10.1. The van der Waals surface area contributed by atoms with E-state index in [1.807, 2.05) is 0 Å². The molecule has 0 aromatic carbocycles. The molecule has 8 heteroatoms. The molecule has 1 aliphatic rings. The molecule has 1 fully saturated rings. The van der Waals surface area contributed by atoms with Gasteiger partial charge in [-0.1, -0.05) is 0 Å². The number of amides is 3. The molecule has 0 spiro atoms. The van der Waals surface area contributed by atoms with Crippen molar-refractivity contribution in [1.82, 2.24) is 16.0 Å². The number of rotatable bonds is 6. The number of hydrogen-bond acceptors (Lipinski definition) is 4. The number of hydrogen-bond donors (Lipinski definition) is 4. The Labute approximate surface area is 110 Å². The number of carbonyl (C=O) groups excluding carboxylic acids is 2. The van der Waals surface area contributed by atoms with Crippen LogP contribution in [0.5, 0.6) is 0 Å². The standard InChI is InChI=1S/C11H19N3O5/c1-19-6-4-8(10(16)17)14-11(18)13-7-3-2-5-12-9(7)15/h7-8H,2-6H2,1H3,(H,12,15)(H,16,17)(H2,13,14,18). The van der Waals surface area contributed by atoms with Crippen LogP contribution in [0.25, 0.3) is 0 Å². The second kappa shape index (κ2) is 7.57. The summed E-state index contributed by atoms with van der Waals surface area (Å²) in [6.45, 7) is 0.825. The molecule has 2 unspecified atom stereocenters. The van der Waals surface area contributed by atoms with E-state index in [-0.39, 0.29) is 18.9 Å². The summed E-state index contributed by atoms with van der Waals surface area (Å²) in [5.41, 5.74) is 0. The molecule has 3 amide bonds. The van der Waals surface area contributed by atoms with Crippen LogP contribution in [0.4, 0.5) is 4.79 Å². The first kappa shape index (κ1) is 15.2. The Morgan fingerprint density at radius 2 is 2.32 bits per heavy atom. The highest BCUT2D eigenvalue weighted by atomic mass is 16.5. The average molecular weight is 273 g/mol. The van der Waals surface area contributed by atoms with Crippen molar-refractivity contribution in [3.8, 4) is 0 Å². The number of urea groups is 1. The summed E-state index contributed by atoms with van der Waals surface area (Å²) >= 11 is 0. The van der Waals surface area contributed by atoms with Gasteiger partial charge in [-0.15, -0.1) is 0 Å². The van der Waals surface area contributed by atoms with Gasteiger partial charge in [0, 0.05) is 26.7 Å². The van der Waals surface area contributed by atoms with Gasteiger partial charge in [0.1, 0.15) is 12.1 Å². The summed E-state index contributed by atoms with van der Waals surface area (Å²) in [5.74, 6) is -1.38. The van der Waals surface area contributed by atoms with Crippen LogP contribution in [0.3, 0.4) is 0 Å².